The fraction of sp³-hybridized carbons (Fsp3) is 0.923. The lowest BCUT2D eigenvalue weighted by Crippen LogP contribution is -2.54. The molecule has 3 N–H and O–H groups in total. The zero-order valence-electron chi connectivity index (χ0n) is 11.5. The molecule has 0 aliphatic carbocycles. The molecule has 1 aliphatic heterocycles. The highest BCUT2D eigenvalue weighted by molar-refractivity contribution is 5.83. The topological polar surface area (TPSA) is 70.6 Å². The summed E-state index contributed by atoms with van der Waals surface area (Å²) in [7, 11) is 1.57. The molecule has 1 fully saturated rings. The lowest BCUT2D eigenvalue weighted by Gasteiger charge is -2.37. The Bertz CT molecular complexity index is 247. The van der Waals surface area contributed by atoms with Gasteiger partial charge in [0.1, 0.15) is 0 Å². The van der Waals surface area contributed by atoms with Crippen LogP contribution in [0.15, 0.2) is 0 Å². The second-order valence-corrected chi connectivity index (χ2v) is 5.12. The van der Waals surface area contributed by atoms with Gasteiger partial charge in [0, 0.05) is 13.7 Å². The van der Waals surface area contributed by atoms with E-state index < -0.39 is 0 Å². The lowest BCUT2D eigenvalue weighted by atomic mass is 9.76. The molecule has 0 saturated carbocycles. The third-order valence-corrected chi connectivity index (χ3v) is 3.61. The predicted molar refractivity (Wildman–Crippen MR) is 70.3 cm³/mol. The van der Waals surface area contributed by atoms with E-state index in [1.54, 1.807) is 7.11 Å². The molecule has 0 bridgehead atoms. The van der Waals surface area contributed by atoms with Crippen molar-refractivity contribution in [3.8, 4) is 0 Å². The second kappa shape index (κ2) is 7.71. The molecule has 0 aromatic carbocycles. The van der Waals surface area contributed by atoms with Gasteiger partial charge in [0.05, 0.1) is 24.7 Å². The van der Waals surface area contributed by atoms with Crippen LogP contribution < -0.4 is 10.6 Å². The molecule has 0 aromatic heterocycles. The zero-order valence-corrected chi connectivity index (χ0v) is 11.5. The Morgan fingerprint density at radius 2 is 2.39 bits per heavy atom. The molecule has 2 unspecified atom stereocenters. The Labute approximate surface area is 109 Å². The van der Waals surface area contributed by atoms with Gasteiger partial charge in [-0.25, -0.2) is 0 Å². The summed E-state index contributed by atoms with van der Waals surface area (Å²) in [6, 6.07) is -0.307. The summed E-state index contributed by atoms with van der Waals surface area (Å²) in [4.78, 5) is 12.4. The molecule has 0 spiro atoms. The summed E-state index contributed by atoms with van der Waals surface area (Å²) in [5, 5.41) is 15.4. The third kappa shape index (κ3) is 3.93. The number of amides is 1. The number of nitrogens with one attached hydrogen (secondary N) is 2. The Morgan fingerprint density at radius 3 is 2.89 bits per heavy atom. The van der Waals surface area contributed by atoms with E-state index in [2.05, 4.69) is 17.6 Å². The number of ether oxygens (including phenoxy) is 1. The number of rotatable bonds is 7. The van der Waals surface area contributed by atoms with Crippen LogP contribution >= 0.6 is 0 Å². The Kier molecular flexibility index (Phi) is 6.60. The first kappa shape index (κ1) is 15.4. The SMILES string of the molecule is CCCC1(C(=O)NC(CO)COC)CCCNC1. The molecule has 5 nitrogen and oxygen atoms in total. The van der Waals surface area contributed by atoms with Gasteiger partial charge < -0.3 is 20.5 Å². The van der Waals surface area contributed by atoms with Crippen LogP contribution in [0.1, 0.15) is 32.6 Å². The number of hydrogen-bond donors (Lipinski definition) is 3. The maximum atomic E-state index is 12.4. The van der Waals surface area contributed by atoms with Crippen molar-refractivity contribution in [1.82, 2.24) is 10.6 Å². The van der Waals surface area contributed by atoms with E-state index in [0.29, 0.717) is 6.61 Å². The molecule has 1 aliphatic rings. The Hall–Kier alpha value is -0.650. The monoisotopic (exact) mass is 258 g/mol. The van der Waals surface area contributed by atoms with Gasteiger partial charge in [-0.3, -0.25) is 4.79 Å². The van der Waals surface area contributed by atoms with Gasteiger partial charge in [-0.05, 0) is 25.8 Å². The summed E-state index contributed by atoms with van der Waals surface area (Å²) < 4.78 is 4.99. The van der Waals surface area contributed by atoms with Crippen LogP contribution in [0.2, 0.25) is 0 Å². The van der Waals surface area contributed by atoms with Crippen molar-refractivity contribution in [3.63, 3.8) is 0 Å². The lowest BCUT2D eigenvalue weighted by molar-refractivity contribution is -0.134. The van der Waals surface area contributed by atoms with Crippen LogP contribution in [0.4, 0.5) is 0 Å². The molecule has 5 heteroatoms. The van der Waals surface area contributed by atoms with Crippen LogP contribution in [0.3, 0.4) is 0 Å². The number of hydrogen-bond acceptors (Lipinski definition) is 4. The van der Waals surface area contributed by atoms with Crippen molar-refractivity contribution in [3.05, 3.63) is 0 Å². The summed E-state index contributed by atoms with van der Waals surface area (Å²) >= 11 is 0. The van der Waals surface area contributed by atoms with Crippen LogP contribution in [0.25, 0.3) is 0 Å². The summed E-state index contributed by atoms with van der Waals surface area (Å²) in [5.74, 6) is 0.0488. The first-order valence-electron chi connectivity index (χ1n) is 6.80. The molecule has 0 aromatic rings. The average molecular weight is 258 g/mol. The normalized spacial score (nSPS) is 25.7. The summed E-state index contributed by atoms with van der Waals surface area (Å²) in [5.41, 5.74) is -0.311. The molecule has 1 rings (SSSR count). The van der Waals surface area contributed by atoms with Gasteiger partial charge in [-0.2, -0.15) is 0 Å². The molecule has 18 heavy (non-hydrogen) atoms. The summed E-state index contributed by atoms with van der Waals surface area (Å²) in [6.45, 7) is 4.08. The standard InChI is InChI=1S/C13H26N2O3/c1-3-5-13(6-4-7-14-10-13)12(17)15-11(8-16)9-18-2/h11,14,16H,3-10H2,1-2H3,(H,15,17). The van der Waals surface area contributed by atoms with Crippen molar-refractivity contribution in [2.24, 2.45) is 5.41 Å². The number of aliphatic hydroxyl groups is 1. The van der Waals surface area contributed by atoms with Crippen LogP contribution in [-0.2, 0) is 9.53 Å². The summed E-state index contributed by atoms with van der Waals surface area (Å²) in [6.07, 6.45) is 3.83. The van der Waals surface area contributed by atoms with Gasteiger partial charge in [0.2, 0.25) is 5.91 Å². The molecular weight excluding hydrogens is 232 g/mol. The predicted octanol–water partition coefficient (Wildman–Crippen LogP) is 0.280. The first-order chi connectivity index (χ1) is 8.68. The molecule has 1 heterocycles. The van der Waals surface area contributed by atoms with Crippen LogP contribution in [0.5, 0.6) is 0 Å². The molecule has 1 saturated heterocycles. The highest BCUT2D eigenvalue weighted by atomic mass is 16.5. The van der Waals surface area contributed by atoms with Gasteiger partial charge in [-0.15, -0.1) is 0 Å². The van der Waals surface area contributed by atoms with Crippen molar-refractivity contribution >= 4 is 5.91 Å². The fourth-order valence-electron chi connectivity index (χ4n) is 2.65. The molecule has 106 valence electrons. The van der Waals surface area contributed by atoms with E-state index in [-0.39, 0.29) is 24.0 Å². The maximum Gasteiger partial charge on any atom is 0.227 e. The van der Waals surface area contributed by atoms with E-state index in [0.717, 1.165) is 38.8 Å². The molecule has 1 amide bonds. The molecular formula is C13H26N2O3. The minimum atomic E-state index is -0.311. The van der Waals surface area contributed by atoms with Crippen molar-refractivity contribution < 1.29 is 14.6 Å². The van der Waals surface area contributed by atoms with Crippen molar-refractivity contribution in [1.29, 1.82) is 0 Å². The molecule has 0 radical (unpaired) electrons. The second-order valence-electron chi connectivity index (χ2n) is 5.12. The average Bonchev–Trinajstić information content (AvgIpc) is 2.39. The van der Waals surface area contributed by atoms with Crippen LogP contribution in [0, 0.1) is 5.41 Å². The van der Waals surface area contributed by atoms with E-state index in [9.17, 15) is 9.90 Å². The Morgan fingerprint density at radius 1 is 1.61 bits per heavy atom. The smallest absolute Gasteiger partial charge is 0.227 e. The minimum Gasteiger partial charge on any atom is -0.394 e. The number of carbonyl (C=O) groups is 1. The van der Waals surface area contributed by atoms with Crippen LogP contribution in [-0.4, -0.2) is 50.5 Å². The number of carbonyl (C=O) groups excluding carboxylic acids is 1. The van der Waals surface area contributed by atoms with E-state index in [1.165, 1.54) is 0 Å². The van der Waals surface area contributed by atoms with E-state index in [4.69, 9.17) is 4.74 Å². The zero-order chi connectivity index (χ0) is 13.4. The molecule has 2 atom stereocenters. The number of methoxy groups -OCH3 is 1. The van der Waals surface area contributed by atoms with Crippen molar-refractivity contribution in [2.75, 3.05) is 33.4 Å². The maximum absolute atomic E-state index is 12.4. The largest absolute Gasteiger partial charge is 0.394 e. The number of piperidine rings is 1. The third-order valence-electron chi connectivity index (χ3n) is 3.61. The van der Waals surface area contributed by atoms with Gasteiger partial charge in [0.15, 0.2) is 0 Å². The Balaban J connectivity index is 2.63. The fourth-order valence-corrected chi connectivity index (χ4v) is 2.65. The van der Waals surface area contributed by atoms with E-state index >= 15 is 0 Å². The van der Waals surface area contributed by atoms with Gasteiger partial charge >= 0.3 is 0 Å². The first-order valence-corrected chi connectivity index (χ1v) is 6.80. The highest BCUT2D eigenvalue weighted by Gasteiger charge is 2.39. The van der Waals surface area contributed by atoms with Gasteiger partial charge in [0.25, 0.3) is 0 Å². The highest BCUT2D eigenvalue weighted by Crippen LogP contribution is 2.31. The quantitative estimate of drug-likeness (QED) is 0.613. The number of aliphatic hydroxyl groups excluding tert-OH is 1. The van der Waals surface area contributed by atoms with Crippen molar-refractivity contribution in [2.45, 2.75) is 38.6 Å². The minimum absolute atomic E-state index is 0.0488. The van der Waals surface area contributed by atoms with E-state index in [1.807, 2.05) is 0 Å². The van der Waals surface area contributed by atoms with Gasteiger partial charge in [-0.1, -0.05) is 13.3 Å².